The number of carbonyl (C=O) groups is 1. The van der Waals surface area contributed by atoms with Crippen LogP contribution in [0.15, 0.2) is 12.2 Å². The Kier molecular flexibility index (Phi) is 14.9. The molecule has 0 saturated heterocycles. The molecule has 0 amide bonds. The van der Waals surface area contributed by atoms with E-state index in [-0.39, 0.29) is 0 Å². The van der Waals surface area contributed by atoms with Gasteiger partial charge in [0.2, 0.25) is 0 Å². The molecule has 0 heterocycles. The van der Waals surface area contributed by atoms with Crippen LogP contribution in [-0.4, -0.2) is 6.29 Å². The number of rotatable bonds is 13. The van der Waals surface area contributed by atoms with Gasteiger partial charge in [0, 0.05) is 0 Å². The summed E-state index contributed by atoms with van der Waals surface area (Å²) in [5.74, 6) is 0. The van der Waals surface area contributed by atoms with E-state index in [2.05, 4.69) is 6.92 Å². The first-order valence-corrected chi connectivity index (χ1v) is 7.52. The van der Waals surface area contributed by atoms with Crippen LogP contribution in [0.25, 0.3) is 0 Å². The maximum atomic E-state index is 10.0. The third-order valence-electron chi connectivity index (χ3n) is 3.19. The van der Waals surface area contributed by atoms with E-state index >= 15 is 0 Å². The lowest BCUT2D eigenvalue weighted by atomic mass is 10.1. The maximum absolute atomic E-state index is 10.0. The second-order valence-corrected chi connectivity index (χ2v) is 4.89. The molecule has 0 bridgehead atoms. The summed E-state index contributed by atoms with van der Waals surface area (Å²) >= 11 is 0. The fourth-order valence-corrected chi connectivity index (χ4v) is 2.08. The first kappa shape index (κ1) is 16.4. The normalized spacial score (nSPS) is 11.1. The Morgan fingerprint density at radius 2 is 1.18 bits per heavy atom. The Morgan fingerprint density at radius 3 is 1.65 bits per heavy atom. The van der Waals surface area contributed by atoms with Crippen molar-refractivity contribution in [3.8, 4) is 0 Å². The molecule has 0 rings (SSSR count). The van der Waals surface area contributed by atoms with E-state index in [1.165, 1.54) is 70.6 Å². The lowest BCUT2D eigenvalue weighted by Gasteiger charge is -2.01. The van der Waals surface area contributed by atoms with Crippen molar-refractivity contribution in [2.75, 3.05) is 0 Å². The highest BCUT2D eigenvalue weighted by molar-refractivity contribution is 5.64. The Morgan fingerprint density at radius 1 is 0.706 bits per heavy atom. The molecule has 0 aromatic heterocycles. The van der Waals surface area contributed by atoms with Crippen LogP contribution in [-0.2, 0) is 4.79 Å². The molecule has 0 N–H and O–H groups in total. The standard InChI is InChI=1S/C16H30O/c1-2-3-4-5-6-7-8-9-10-11-12-13-14-15-16-17/h14-16H,2-13H2,1H3/b15-14+. The molecular weight excluding hydrogens is 208 g/mol. The van der Waals surface area contributed by atoms with E-state index in [1.807, 2.05) is 6.08 Å². The summed E-state index contributed by atoms with van der Waals surface area (Å²) in [4.78, 5) is 10.0. The van der Waals surface area contributed by atoms with Crippen LogP contribution in [0.2, 0.25) is 0 Å². The summed E-state index contributed by atoms with van der Waals surface area (Å²) in [6, 6.07) is 0. The Hall–Kier alpha value is -0.590. The van der Waals surface area contributed by atoms with Gasteiger partial charge in [0.25, 0.3) is 0 Å². The SMILES string of the molecule is CCCCCCCCCCCCC/C=C/C=O. The molecule has 100 valence electrons. The topological polar surface area (TPSA) is 17.1 Å². The third-order valence-corrected chi connectivity index (χ3v) is 3.19. The van der Waals surface area contributed by atoms with E-state index in [4.69, 9.17) is 0 Å². The summed E-state index contributed by atoms with van der Waals surface area (Å²) in [5.41, 5.74) is 0. The molecule has 0 aliphatic carbocycles. The van der Waals surface area contributed by atoms with Crippen molar-refractivity contribution in [3.63, 3.8) is 0 Å². The number of unbranched alkanes of at least 4 members (excludes halogenated alkanes) is 11. The molecule has 1 nitrogen and oxygen atoms in total. The van der Waals surface area contributed by atoms with Crippen molar-refractivity contribution < 1.29 is 4.79 Å². The van der Waals surface area contributed by atoms with Gasteiger partial charge in [0.1, 0.15) is 6.29 Å². The third kappa shape index (κ3) is 15.4. The van der Waals surface area contributed by atoms with Gasteiger partial charge in [-0.1, -0.05) is 77.2 Å². The summed E-state index contributed by atoms with van der Waals surface area (Å²) in [5, 5.41) is 0. The van der Waals surface area contributed by atoms with Crippen molar-refractivity contribution in [1.29, 1.82) is 0 Å². The van der Waals surface area contributed by atoms with Gasteiger partial charge in [0.15, 0.2) is 0 Å². The zero-order chi connectivity index (χ0) is 12.6. The highest BCUT2D eigenvalue weighted by Crippen LogP contribution is 2.11. The smallest absolute Gasteiger partial charge is 0.142 e. The monoisotopic (exact) mass is 238 g/mol. The van der Waals surface area contributed by atoms with Crippen LogP contribution in [0.5, 0.6) is 0 Å². The van der Waals surface area contributed by atoms with Crippen molar-refractivity contribution in [3.05, 3.63) is 12.2 Å². The van der Waals surface area contributed by atoms with Gasteiger partial charge in [-0.15, -0.1) is 0 Å². The number of allylic oxidation sites excluding steroid dienone is 2. The van der Waals surface area contributed by atoms with Crippen LogP contribution in [0.1, 0.15) is 84.0 Å². The molecule has 0 atom stereocenters. The number of carbonyl (C=O) groups excluding carboxylic acids is 1. The van der Waals surface area contributed by atoms with Gasteiger partial charge < -0.3 is 0 Å². The Labute approximate surface area is 108 Å². The molecule has 0 spiro atoms. The number of hydrogen-bond acceptors (Lipinski definition) is 1. The lowest BCUT2D eigenvalue weighted by molar-refractivity contribution is -0.104. The molecule has 0 radical (unpaired) electrons. The second-order valence-electron chi connectivity index (χ2n) is 4.89. The minimum absolute atomic E-state index is 0.860. The van der Waals surface area contributed by atoms with Gasteiger partial charge >= 0.3 is 0 Å². The average Bonchev–Trinajstić information content (AvgIpc) is 2.35. The van der Waals surface area contributed by atoms with Gasteiger partial charge in [-0.25, -0.2) is 0 Å². The molecule has 17 heavy (non-hydrogen) atoms. The largest absolute Gasteiger partial charge is 0.299 e. The van der Waals surface area contributed by atoms with Crippen molar-refractivity contribution in [2.24, 2.45) is 0 Å². The van der Waals surface area contributed by atoms with E-state index in [1.54, 1.807) is 6.08 Å². The molecule has 0 aromatic rings. The molecule has 0 unspecified atom stereocenters. The van der Waals surface area contributed by atoms with Crippen molar-refractivity contribution in [2.45, 2.75) is 84.0 Å². The Bertz CT molecular complexity index is 172. The summed E-state index contributed by atoms with van der Waals surface area (Å²) in [6.07, 6.45) is 20.7. The van der Waals surface area contributed by atoms with Crippen LogP contribution >= 0.6 is 0 Å². The zero-order valence-corrected chi connectivity index (χ0v) is 11.6. The molecule has 0 saturated carbocycles. The average molecular weight is 238 g/mol. The molecular formula is C16H30O. The maximum Gasteiger partial charge on any atom is 0.142 e. The molecule has 0 aliphatic heterocycles. The first-order chi connectivity index (χ1) is 8.41. The first-order valence-electron chi connectivity index (χ1n) is 7.52. The highest BCUT2D eigenvalue weighted by atomic mass is 16.1. The fourth-order valence-electron chi connectivity index (χ4n) is 2.08. The quantitative estimate of drug-likeness (QED) is 0.237. The predicted molar refractivity (Wildman–Crippen MR) is 76.3 cm³/mol. The van der Waals surface area contributed by atoms with Crippen LogP contribution in [0.3, 0.4) is 0 Å². The highest BCUT2D eigenvalue weighted by Gasteiger charge is 1.92. The van der Waals surface area contributed by atoms with Crippen molar-refractivity contribution >= 4 is 6.29 Å². The van der Waals surface area contributed by atoms with Gasteiger partial charge in [-0.2, -0.15) is 0 Å². The minimum atomic E-state index is 0.860. The second kappa shape index (κ2) is 15.4. The predicted octanol–water partition coefficient (Wildman–Crippen LogP) is 5.44. The summed E-state index contributed by atoms with van der Waals surface area (Å²) in [6.45, 7) is 2.27. The van der Waals surface area contributed by atoms with Crippen LogP contribution in [0.4, 0.5) is 0 Å². The Balaban J connectivity index is 2.93. The van der Waals surface area contributed by atoms with Gasteiger partial charge in [-0.05, 0) is 18.9 Å². The van der Waals surface area contributed by atoms with E-state index in [0.29, 0.717) is 0 Å². The summed E-state index contributed by atoms with van der Waals surface area (Å²) in [7, 11) is 0. The van der Waals surface area contributed by atoms with E-state index < -0.39 is 0 Å². The number of aldehydes is 1. The van der Waals surface area contributed by atoms with Crippen molar-refractivity contribution in [1.82, 2.24) is 0 Å². The molecule has 1 heteroatoms. The van der Waals surface area contributed by atoms with Crippen LogP contribution in [0, 0.1) is 0 Å². The van der Waals surface area contributed by atoms with Gasteiger partial charge in [-0.3, -0.25) is 4.79 Å². The number of hydrogen-bond donors (Lipinski definition) is 0. The van der Waals surface area contributed by atoms with E-state index in [9.17, 15) is 4.79 Å². The molecule has 0 fully saturated rings. The fraction of sp³-hybridized carbons (Fsp3) is 0.812. The lowest BCUT2D eigenvalue weighted by Crippen LogP contribution is -1.82. The summed E-state index contributed by atoms with van der Waals surface area (Å²) < 4.78 is 0. The molecule has 0 aliphatic rings. The van der Waals surface area contributed by atoms with Crippen LogP contribution < -0.4 is 0 Å². The molecule has 0 aromatic carbocycles. The van der Waals surface area contributed by atoms with Gasteiger partial charge in [0.05, 0.1) is 0 Å². The van der Waals surface area contributed by atoms with E-state index in [0.717, 1.165) is 12.7 Å². The zero-order valence-electron chi connectivity index (χ0n) is 11.6. The minimum Gasteiger partial charge on any atom is -0.299 e.